The molecule has 3 rings (SSSR count). The van der Waals surface area contributed by atoms with Crippen LogP contribution in [0.2, 0.25) is 0 Å². The van der Waals surface area contributed by atoms with Crippen LogP contribution in [0, 0.1) is 5.92 Å². The molecule has 1 saturated heterocycles. The van der Waals surface area contributed by atoms with Gasteiger partial charge in [0.05, 0.1) is 5.60 Å². The molecule has 21 heavy (non-hydrogen) atoms. The average molecular weight is 353 g/mol. The molecule has 2 aliphatic rings. The summed E-state index contributed by atoms with van der Waals surface area (Å²) in [7, 11) is 0. The molecular formula is C17H25BrN2O. The molecule has 1 aliphatic carbocycles. The number of hydrogen-bond acceptors (Lipinski definition) is 3. The van der Waals surface area contributed by atoms with E-state index in [0.29, 0.717) is 12.0 Å². The first-order valence-corrected chi connectivity index (χ1v) is 8.85. The van der Waals surface area contributed by atoms with Gasteiger partial charge in [-0.1, -0.05) is 47.0 Å². The summed E-state index contributed by atoms with van der Waals surface area (Å²) in [5, 5.41) is 0. The van der Waals surface area contributed by atoms with E-state index in [1.165, 1.54) is 35.7 Å². The van der Waals surface area contributed by atoms with Crippen LogP contribution in [0.1, 0.15) is 44.1 Å². The standard InChI is InChI=1S/C17H25BrN2O/c18-15-6-2-1-5-13(15)11-16(20-19)14-7-10-21-17(12-14)8-3-4-9-17/h1-2,5-6,14,16,20H,3-4,7-12,19H2. The van der Waals surface area contributed by atoms with Gasteiger partial charge in [-0.3, -0.25) is 11.3 Å². The van der Waals surface area contributed by atoms with Crippen molar-refractivity contribution in [3.63, 3.8) is 0 Å². The van der Waals surface area contributed by atoms with Crippen LogP contribution in [-0.4, -0.2) is 18.2 Å². The lowest BCUT2D eigenvalue weighted by Crippen LogP contribution is -2.48. The largest absolute Gasteiger partial charge is 0.375 e. The second kappa shape index (κ2) is 6.78. The minimum absolute atomic E-state index is 0.159. The maximum Gasteiger partial charge on any atom is 0.0685 e. The summed E-state index contributed by atoms with van der Waals surface area (Å²) < 4.78 is 7.32. The molecule has 1 spiro atoms. The second-order valence-electron chi connectivity index (χ2n) is 6.56. The molecule has 0 radical (unpaired) electrons. The summed E-state index contributed by atoms with van der Waals surface area (Å²) in [6, 6.07) is 8.76. The zero-order valence-electron chi connectivity index (χ0n) is 12.5. The molecule has 2 fully saturated rings. The normalized spacial score (nSPS) is 26.1. The number of ether oxygens (including phenoxy) is 1. The maximum absolute atomic E-state index is 6.15. The van der Waals surface area contributed by atoms with E-state index in [9.17, 15) is 0 Å². The summed E-state index contributed by atoms with van der Waals surface area (Å²) in [6.07, 6.45) is 8.34. The zero-order valence-corrected chi connectivity index (χ0v) is 14.1. The first-order chi connectivity index (χ1) is 10.2. The first-order valence-electron chi connectivity index (χ1n) is 8.06. The Bertz CT molecular complexity index is 474. The average Bonchev–Trinajstić information content (AvgIpc) is 2.94. The van der Waals surface area contributed by atoms with Gasteiger partial charge in [-0.2, -0.15) is 0 Å². The SMILES string of the molecule is NNC(Cc1ccccc1Br)C1CCOC2(CCCC2)C1. The Morgan fingerprint density at radius 2 is 2.10 bits per heavy atom. The smallest absolute Gasteiger partial charge is 0.0685 e. The van der Waals surface area contributed by atoms with E-state index in [1.54, 1.807) is 0 Å². The molecule has 3 N–H and O–H groups in total. The van der Waals surface area contributed by atoms with Gasteiger partial charge in [-0.15, -0.1) is 0 Å². The van der Waals surface area contributed by atoms with E-state index in [1.807, 2.05) is 0 Å². The van der Waals surface area contributed by atoms with Crippen LogP contribution in [0.15, 0.2) is 28.7 Å². The predicted octanol–water partition coefficient (Wildman–Crippen LogP) is 3.56. The number of hydrazine groups is 1. The number of hydrogen-bond donors (Lipinski definition) is 2. The molecule has 3 nitrogen and oxygen atoms in total. The fourth-order valence-corrected chi connectivity index (χ4v) is 4.49. The van der Waals surface area contributed by atoms with Gasteiger partial charge in [0.1, 0.15) is 0 Å². The molecule has 2 unspecified atom stereocenters. The lowest BCUT2D eigenvalue weighted by molar-refractivity contribution is -0.0978. The summed E-state index contributed by atoms with van der Waals surface area (Å²) in [5.41, 5.74) is 4.56. The highest BCUT2D eigenvalue weighted by molar-refractivity contribution is 9.10. The van der Waals surface area contributed by atoms with Gasteiger partial charge in [-0.25, -0.2) is 0 Å². The fourth-order valence-electron chi connectivity index (χ4n) is 4.04. The van der Waals surface area contributed by atoms with E-state index < -0.39 is 0 Å². The number of nitrogens with one attached hydrogen (secondary N) is 1. The van der Waals surface area contributed by atoms with Gasteiger partial charge in [0.2, 0.25) is 0 Å². The van der Waals surface area contributed by atoms with Crippen LogP contribution in [-0.2, 0) is 11.2 Å². The molecule has 4 heteroatoms. The molecule has 1 aliphatic heterocycles. The van der Waals surface area contributed by atoms with Crippen molar-refractivity contribution in [3.05, 3.63) is 34.3 Å². The number of rotatable bonds is 4. The molecule has 1 heterocycles. The molecule has 0 bridgehead atoms. The van der Waals surface area contributed by atoms with E-state index >= 15 is 0 Å². The van der Waals surface area contributed by atoms with Gasteiger partial charge in [-0.05, 0) is 49.7 Å². The quantitative estimate of drug-likeness (QED) is 0.643. The van der Waals surface area contributed by atoms with Crippen LogP contribution < -0.4 is 11.3 Å². The van der Waals surface area contributed by atoms with Crippen molar-refractivity contribution < 1.29 is 4.74 Å². The third kappa shape index (κ3) is 3.50. The van der Waals surface area contributed by atoms with Gasteiger partial charge < -0.3 is 4.74 Å². The van der Waals surface area contributed by atoms with Crippen LogP contribution in [0.3, 0.4) is 0 Å². The summed E-state index contributed by atoms with van der Waals surface area (Å²) in [6.45, 7) is 0.888. The topological polar surface area (TPSA) is 47.3 Å². The van der Waals surface area contributed by atoms with Crippen LogP contribution in [0.4, 0.5) is 0 Å². The van der Waals surface area contributed by atoms with E-state index in [4.69, 9.17) is 10.6 Å². The Morgan fingerprint density at radius 1 is 1.33 bits per heavy atom. The Balaban J connectivity index is 1.69. The van der Waals surface area contributed by atoms with Crippen molar-refractivity contribution in [1.82, 2.24) is 5.43 Å². The summed E-state index contributed by atoms with van der Waals surface area (Å²) in [5.74, 6) is 6.49. The lowest BCUT2D eigenvalue weighted by Gasteiger charge is -2.41. The highest BCUT2D eigenvalue weighted by Gasteiger charge is 2.41. The fraction of sp³-hybridized carbons (Fsp3) is 0.647. The van der Waals surface area contributed by atoms with Crippen molar-refractivity contribution >= 4 is 15.9 Å². The molecule has 0 aromatic heterocycles. The molecule has 0 amide bonds. The molecule has 1 aromatic rings. The summed E-state index contributed by atoms with van der Waals surface area (Å²) >= 11 is 3.64. The maximum atomic E-state index is 6.15. The molecule has 1 saturated carbocycles. The van der Waals surface area contributed by atoms with Gasteiger partial charge in [0, 0.05) is 17.1 Å². The Morgan fingerprint density at radius 3 is 2.81 bits per heavy atom. The monoisotopic (exact) mass is 352 g/mol. The van der Waals surface area contributed by atoms with Gasteiger partial charge in [0.25, 0.3) is 0 Å². The molecular weight excluding hydrogens is 328 g/mol. The van der Waals surface area contributed by atoms with Crippen LogP contribution >= 0.6 is 15.9 Å². The second-order valence-corrected chi connectivity index (χ2v) is 7.41. The predicted molar refractivity (Wildman–Crippen MR) is 88.8 cm³/mol. The summed E-state index contributed by atoms with van der Waals surface area (Å²) in [4.78, 5) is 0. The van der Waals surface area contributed by atoms with Crippen molar-refractivity contribution in [2.75, 3.05) is 6.61 Å². The Kier molecular flexibility index (Phi) is 4.99. The van der Waals surface area contributed by atoms with E-state index in [-0.39, 0.29) is 5.60 Å². The molecule has 2 atom stereocenters. The Labute approximate surface area is 135 Å². The van der Waals surface area contributed by atoms with Crippen molar-refractivity contribution in [3.8, 4) is 0 Å². The van der Waals surface area contributed by atoms with Gasteiger partial charge in [0.15, 0.2) is 0 Å². The number of halogens is 1. The highest BCUT2D eigenvalue weighted by Crippen LogP contribution is 2.43. The molecule has 116 valence electrons. The Hall–Kier alpha value is -0.420. The molecule has 1 aromatic carbocycles. The number of nitrogens with two attached hydrogens (primary N) is 1. The number of benzene rings is 1. The third-order valence-electron chi connectivity index (χ3n) is 5.23. The van der Waals surface area contributed by atoms with Crippen LogP contribution in [0.5, 0.6) is 0 Å². The van der Waals surface area contributed by atoms with Gasteiger partial charge >= 0.3 is 0 Å². The first kappa shape index (κ1) is 15.5. The minimum Gasteiger partial charge on any atom is -0.375 e. The van der Waals surface area contributed by atoms with Crippen LogP contribution in [0.25, 0.3) is 0 Å². The minimum atomic E-state index is 0.159. The van der Waals surface area contributed by atoms with Crippen molar-refractivity contribution in [1.29, 1.82) is 0 Å². The van der Waals surface area contributed by atoms with Crippen molar-refractivity contribution in [2.45, 2.75) is 56.6 Å². The van der Waals surface area contributed by atoms with Crippen molar-refractivity contribution in [2.24, 2.45) is 11.8 Å². The third-order valence-corrected chi connectivity index (χ3v) is 6.00. The zero-order chi connectivity index (χ0) is 14.7. The highest BCUT2D eigenvalue weighted by atomic mass is 79.9. The van der Waals surface area contributed by atoms with E-state index in [2.05, 4.69) is 45.6 Å². The lowest BCUT2D eigenvalue weighted by atomic mass is 9.79. The van der Waals surface area contributed by atoms with E-state index in [0.717, 1.165) is 25.9 Å².